The molecule has 2 atom stereocenters. The summed E-state index contributed by atoms with van der Waals surface area (Å²) in [5, 5.41) is 2.21. The van der Waals surface area contributed by atoms with Crippen LogP contribution in [0, 0.1) is 0 Å². The van der Waals surface area contributed by atoms with Gasteiger partial charge in [-0.1, -0.05) is 84.9 Å². The lowest BCUT2D eigenvalue weighted by atomic mass is 9.82. The average Bonchev–Trinajstić information content (AvgIpc) is 3.25. The molecule has 4 nitrogen and oxygen atoms in total. The summed E-state index contributed by atoms with van der Waals surface area (Å²) in [6.07, 6.45) is -0.246. The fourth-order valence-corrected chi connectivity index (χ4v) is 4.34. The second kappa shape index (κ2) is 8.31. The fraction of sp³-hybridized carbons (Fsp3) is 0.143. The molecule has 0 amide bonds. The Labute approximate surface area is 187 Å². The molecule has 0 unspecified atom stereocenters. The molecular formula is C28H23NO3. The number of benzene rings is 4. The summed E-state index contributed by atoms with van der Waals surface area (Å²) in [7, 11) is 1.41. The predicted molar refractivity (Wildman–Crippen MR) is 126 cm³/mol. The largest absolute Gasteiger partial charge is 0.467 e. The van der Waals surface area contributed by atoms with Crippen LogP contribution in [-0.4, -0.2) is 24.5 Å². The zero-order valence-corrected chi connectivity index (χ0v) is 17.8. The molecule has 4 aromatic carbocycles. The first-order valence-corrected chi connectivity index (χ1v) is 10.6. The summed E-state index contributed by atoms with van der Waals surface area (Å²) in [5.74, 6) is 0.0375. The van der Waals surface area contributed by atoms with Crippen molar-refractivity contribution < 1.29 is 14.3 Å². The topological polar surface area (TPSA) is 47.9 Å². The van der Waals surface area contributed by atoms with E-state index in [9.17, 15) is 4.79 Å². The molecular weight excluding hydrogens is 398 g/mol. The predicted octanol–water partition coefficient (Wildman–Crippen LogP) is 5.51. The van der Waals surface area contributed by atoms with E-state index in [0.717, 1.165) is 27.5 Å². The molecule has 0 N–H and O–H groups in total. The SMILES string of the molecule is COC(=O)[C@@]1(Cc2ccccc2)N=C(c2ccccc2)O[C@H]1c1ccc2ccccc2c1. The number of methoxy groups -OCH3 is 1. The Bertz CT molecular complexity index is 1280. The lowest BCUT2D eigenvalue weighted by molar-refractivity contribution is -0.149. The lowest BCUT2D eigenvalue weighted by Gasteiger charge is -2.29. The summed E-state index contributed by atoms with van der Waals surface area (Å²) >= 11 is 0. The van der Waals surface area contributed by atoms with E-state index in [-0.39, 0.29) is 0 Å². The number of esters is 1. The Balaban J connectivity index is 1.67. The smallest absolute Gasteiger partial charge is 0.338 e. The number of aliphatic imine (C=N–C) groups is 1. The fourth-order valence-electron chi connectivity index (χ4n) is 4.34. The van der Waals surface area contributed by atoms with Crippen molar-refractivity contribution in [2.24, 2.45) is 4.99 Å². The van der Waals surface area contributed by atoms with Gasteiger partial charge in [0, 0.05) is 12.0 Å². The van der Waals surface area contributed by atoms with Gasteiger partial charge in [-0.05, 0) is 40.1 Å². The quantitative estimate of drug-likeness (QED) is 0.399. The lowest BCUT2D eigenvalue weighted by Crippen LogP contribution is -2.44. The standard InChI is InChI=1S/C28H23NO3/c1-31-27(30)28(19-20-10-4-2-5-11-20)25(32-26(29-28)22-13-6-3-7-14-22)24-17-16-21-12-8-9-15-23(21)18-24/h2-18,25H,19H2,1H3/t25-,28-/m0/s1. The number of carbonyl (C=O) groups excluding carboxylic acids is 1. The van der Waals surface area contributed by atoms with E-state index in [0.29, 0.717) is 12.3 Å². The summed E-state index contributed by atoms with van der Waals surface area (Å²) in [6, 6.07) is 33.8. The Kier molecular flexibility index (Phi) is 5.20. The number of fused-ring (bicyclic) bond motifs is 1. The van der Waals surface area contributed by atoms with Crippen LogP contribution < -0.4 is 0 Å². The van der Waals surface area contributed by atoms with Crippen LogP contribution in [0.5, 0.6) is 0 Å². The van der Waals surface area contributed by atoms with Crippen LogP contribution in [0.2, 0.25) is 0 Å². The first-order chi connectivity index (χ1) is 15.7. The number of hydrogen-bond acceptors (Lipinski definition) is 4. The third-order valence-corrected chi connectivity index (χ3v) is 5.92. The molecule has 0 radical (unpaired) electrons. The van der Waals surface area contributed by atoms with E-state index in [1.54, 1.807) is 0 Å². The number of carbonyl (C=O) groups is 1. The molecule has 1 heterocycles. The van der Waals surface area contributed by atoms with Crippen molar-refractivity contribution in [2.45, 2.75) is 18.1 Å². The molecule has 0 saturated carbocycles. The van der Waals surface area contributed by atoms with Crippen LogP contribution in [0.3, 0.4) is 0 Å². The van der Waals surface area contributed by atoms with Crippen molar-refractivity contribution in [3.05, 3.63) is 120 Å². The van der Waals surface area contributed by atoms with E-state index in [1.807, 2.05) is 78.9 Å². The van der Waals surface area contributed by atoms with Gasteiger partial charge in [-0.2, -0.15) is 0 Å². The molecule has 1 aliphatic rings. The highest BCUT2D eigenvalue weighted by atomic mass is 16.5. The van der Waals surface area contributed by atoms with E-state index >= 15 is 0 Å². The van der Waals surface area contributed by atoms with E-state index in [2.05, 4.69) is 24.3 Å². The van der Waals surface area contributed by atoms with Crippen molar-refractivity contribution in [2.75, 3.05) is 7.11 Å². The van der Waals surface area contributed by atoms with Gasteiger partial charge in [0.1, 0.15) is 0 Å². The van der Waals surface area contributed by atoms with Crippen LogP contribution in [0.25, 0.3) is 10.8 Å². The zero-order chi connectivity index (χ0) is 22.0. The first-order valence-electron chi connectivity index (χ1n) is 10.6. The Hall–Kier alpha value is -3.92. The van der Waals surface area contributed by atoms with E-state index < -0.39 is 17.6 Å². The van der Waals surface area contributed by atoms with Gasteiger partial charge in [-0.25, -0.2) is 9.79 Å². The van der Waals surface area contributed by atoms with Crippen molar-refractivity contribution in [3.8, 4) is 0 Å². The first kappa shape index (κ1) is 20.0. The number of rotatable bonds is 5. The van der Waals surface area contributed by atoms with Gasteiger partial charge in [0.15, 0.2) is 6.10 Å². The van der Waals surface area contributed by atoms with Gasteiger partial charge >= 0.3 is 5.97 Å². The van der Waals surface area contributed by atoms with Crippen molar-refractivity contribution in [1.29, 1.82) is 0 Å². The van der Waals surface area contributed by atoms with Crippen LogP contribution in [0.15, 0.2) is 108 Å². The Morgan fingerprint density at radius 1 is 0.875 bits per heavy atom. The number of ether oxygens (including phenoxy) is 2. The van der Waals surface area contributed by atoms with Gasteiger partial charge in [-0.15, -0.1) is 0 Å². The maximum atomic E-state index is 13.4. The highest BCUT2D eigenvalue weighted by Crippen LogP contribution is 2.43. The highest BCUT2D eigenvalue weighted by Gasteiger charge is 2.54. The van der Waals surface area contributed by atoms with Crippen molar-refractivity contribution in [1.82, 2.24) is 0 Å². The van der Waals surface area contributed by atoms with Crippen molar-refractivity contribution >= 4 is 22.6 Å². The average molecular weight is 421 g/mol. The summed E-state index contributed by atoms with van der Waals surface area (Å²) in [6.45, 7) is 0. The molecule has 32 heavy (non-hydrogen) atoms. The van der Waals surface area contributed by atoms with Crippen LogP contribution in [-0.2, 0) is 20.7 Å². The van der Waals surface area contributed by atoms with Gasteiger partial charge < -0.3 is 9.47 Å². The molecule has 0 saturated heterocycles. The normalized spacial score (nSPS) is 19.9. The summed E-state index contributed by atoms with van der Waals surface area (Å²) in [4.78, 5) is 18.3. The number of nitrogens with zero attached hydrogens (tertiary/aromatic N) is 1. The van der Waals surface area contributed by atoms with E-state index in [4.69, 9.17) is 14.5 Å². The maximum absolute atomic E-state index is 13.4. The Morgan fingerprint density at radius 3 is 2.25 bits per heavy atom. The monoisotopic (exact) mass is 421 g/mol. The molecule has 0 aromatic heterocycles. The molecule has 4 aromatic rings. The van der Waals surface area contributed by atoms with Gasteiger partial charge in [0.25, 0.3) is 0 Å². The maximum Gasteiger partial charge on any atom is 0.338 e. The van der Waals surface area contributed by atoms with E-state index in [1.165, 1.54) is 7.11 Å². The van der Waals surface area contributed by atoms with Crippen LogP contribution in [0.4, 0.5) is 0 Å². The molecule has 4 heteroatoms. The van der Waals surface area contributed by atoms with Crippen LogP contribution in [0.1, 0.15) is 22.8 Å². The summed E-state index contributed by atoms with van der Waals surface area (Å²) in [5.41, 5.74) is 1.48. The molecule has 0 bridgehead atoms. The van der Waals surface area contributed by atoms with Gasteiger partial charge in [0.05, 0.1) is 7.11 Å². The summed E-state index contributed by atoms with van der Waals surface area (Å²) < 4.78 is 11.7. The second-order valence-electron chi connectivity index (χ2n) is 7.97. The molecule has 1 aliphatic heterocycles. The minimum absolute atomic E-state index is 0.369. The Morgan fingerprint density at radius 2 is 1.53 bits per heavy atom. The number of hydrogen-bond donors (Lipinski definition) is 0. The zero-order valence-electron chi connectivity index (χ0n) is 17.8. The third-order valence-electron chi connectivity index (χ3n) is 5.92. The second-order valence-corrected chi connectivity index (χ2v) is 7.97. The third kappa shape index (κ3) is 3.54. The highest BCUT2D eigenvalue weighted by molar-refractivity contribution is 6.00. The minimum Gasteiger partial charge on any atom is -0.467 e. The molecule has 0 fully saturated rings. The van der Waals surface area contributed by atoms with Gasteiger partial charge in [0.2, 0.25) is 11.4 Å². The molecule has 0 spiro atoms. The minimum atomic E-state index is -1.23. The molecule has 5 rings (SSSR count). The molecule has 158 valence electrons. The van der Waals surface area contributed by atoms with Crippen molar-refractivity contribution in [3.63, 3.8) is 0 Å². The molecule has 0 aliphatic carbocycles. The van der Waals surface area contributed by atoms with Gasteiger partial charge in [-0.3, -0.25) is 0 Å². The van der Waals surface area contributed by atoms with Crippen LogP contribution >= 0.6 is 0 Å².